The van der Waals surface area contributed by atoms with Gasteiger partial charge in [0.15, 0.2) is 0 Å². The number of pyridine rings is 1. The Labute approximate surface area is 119 Å². The number of unbranched alkanes of at least 4 members (excludes halogenated alkanes) is 6. The normalized spacial score (nSPS) is 12.5. The molecule has 0 N–H and O–H groups in total. The van der Waals surface area contributed by atoms with Crippen molar-refractivity contribution in [1.29, 1.82) is 0 Å². The van der Waals surface area contributed by atoms with Crippen LogP contribution in [0.3, 0.4) is 0 Å². The molecule has 1 rings (SSSR count). The first kappa shape index (κ1) is 16.2. The molecular weight excluding hydrogens is 230 g/mol. The van der Waals surface area contributed by atoms with Crippen molar-refractivity contribution in [2.75, 3.05) is 0 Å². The molecule has 0 spiro atoms. The summed E-state index contributed by atoms with van der Waals surface area (Å²) in [6.07, 6.45) is 17.6. The summed E-state index contributed by atoms with van der Waals surface area (Å²) in [5, 5.41) is 0. The van der Waals surface area contributed by atoms with Crippen LogP contribution in [0.1, 0.15) is 89.5 Å². The minimum Gasteiger partial charge on any atom is -0.264 e. The topological polar surface area (TPSA) is 12.9 Å². The Balaban J connectivity index is 2.36. The van der Waals surface area contributed by atoms with Crippen molar-refractivity contribution < 1.29 is 0 Å². The van der Waals surface area contributed by atoms with Crippen LogP contribution in [0.4, 0.5) is 0 Å². The number of hydrogen-bond donors (Lipinski definition) is 0. The van der Waals surface area contributed by atoms with E-state index in [2.05, 4.69) is 37.2 Å². The molecule has 0 aromatic carbocycles. The van der Waals surface area contributed by atoms with Gasteiger partial charge in [0.25, 0.3) is 0 Å². The molecule has 0 fully saturated rings. The third-order valence-electron chi connectivity index (χ3n) is 3.97. The molecule has 1 heterocycles. The van der Waals surface area contributed by atoms with Crippen LogP contribution in [-0.2, 0) is 0 Å². The summed E-state index contributed by atoms with van der Waals surface area (Å²) in [7, 11) is 0. The smallest absolute Gasteiger partial charge is 0.0302 e. The highest BCUT2D eigenvalue weighted by molar-refractivity contribution is 5.14. The number of rotatable bonds is 11. The highest BCUT2D eigenvalue weighted by Crippen LogP contribution is 2.27. The van der Waals surface area contributed by atoms with Crippen LogP contribution in [0, 0.1) is 0 Å². The van der Waals surface area contributed by atoms with Gasteiger partial charge in [-0.2, -0.15) is 0 Å². The SMILES string of the molecule is CCCCCCCC(CCCCC)c1cccnc1. The Morgan fingerprint density at radius 3 is 2.16 bits per heavy atom. The van der Waals surface area contributed by atoms with E-state index >= 15 is 0 Å². The van der Waals surface area contributed by atoms with Gasteiger partial charge in [0.1, 0.15) is 0 Å². The molecule has 0 saturated carbocycles. The average Bonchev–Trinajstić information content (AvgIpc) is 2.46. The summed E-state index contributed by atoms with van der Waals surface area (Å²) in [4.78, 5) is 4.29. The van der Waals surface area contributed by atoms with E-state index in [-0.39, 0.29) is 0 Å². The second-order valence-electron chi connectivity index (χ2n) is 5.68. The fraction of sp³-hybridized carbons (Fsp3) is 0.722. The van der Waals surface area contributed by atoms with Crippen LogP contribution in [0.2, 0.25) is 0 Å². The van der Waals surface area contributed by atoms with Gasteiger partial charge in [-0.05, 0) is 30.4 Å². The van der Waals surface area contributed by atoms with Gasteiger partial charge >= 0.3 is 0 Å². The molecule has 1 atom stereocenters. The minimum absolute atomic E-state index is 0.738. The minimum atomic E-state index is 0.738. The fourth-order valence-corrected chi connectivity index (χ4v) is 2.73. The van der Waals surface area contributed by atoms with Gasteiger partial charge in [-0.25, -0.2) is 0 Å². The average molecular weight is 261 g/mol. The summed E-state index contributed by atoms with van der Waals surface area (Å²) in [6.45, 7) is 4.56. The van der Waals surface area contributed by atoms with Crippen molar-refractivity contribution in [2.45, 2.75) is 84.0 Å². The van der Waals surface area contributed by atoms with Gasteiger partial charge in [-0.1, -0.05) is 71.3 Å². The molecule has 1 aromatic rings. The molecule has 1 aromatic heterocycles. The first-order valence-corrected chi connectivity index (χ1v) is 8.28. The Kier molecular flexibility index (Phi) is 9.40. The lowest BCUT2D eigenvalue weighted by Gasteiger charge is -2.17. The maximum atomic E-state index is 4.29. The van der Waals surface area contributed by atoms with Gasteiger partial charge in [0, 0.05) is 12.4 Å². The monoisotopic (exact) mass is 261 g/mol. The molecule has 0 aliphatic rings. The standard InChI is InChI=1S/C18H31N/c1-3-5-7-8-10-13-17(12-9-6-4-2)18-14-11-15-19-16-18/h11,14-17H,3-10,12-13H2,1-2H3. The molecule has 108 valence electrons. The van der Waals surface area contributed by atoms with Crippen LogP contribution in [0.25, 0.3) is 0 Å². The molecule has 19 heavy (non-hydrogen) atoms. The Hall–Kier alpha value is -0.850. The van der Waals surface area contributed by atoms with E-state index in [4.69, 9.17) is 0 Å². The summed E-state index contributed by atoms with van der Waals surface area (Å²) in [5.74, 6) is 0.738. The molecule has 0 aliphatic heterocycles. The zero-order valence-electron chi connectivity index (χ0n) is 12.9. The van der Waals surface area contributed by atoms with Crippen LogP contribution in [0.15, 0.2) is 24.5 Å². The van der Waals surface area contributed by atoms with Crippen molar-refractivity contribution >= 4 is 0 Å². The van der Waals surface area contributed by atoms with Crippen molar-refractivity contribution in [3.05, 3.63) is 30.1 Å². The fourth-order valence-electron chi connectivity index (χ4n) is 2.73. The van der Waals surface area contributed by atoms with Crippen LogP contribution in [-0.4, -0.2) is 4.98 Å². The van der Waals surface area contributed by atoms with Crippen molar-refractivity contribution in [3.8, 4) is 0 Å². The molecule has 1 unspecified atom stereocenters. The van der Waals surface area contributed by atoms with E-state index in [9.17, 15) is 0 Å². The highest BCUT2D eigenvalue weighted by atomic mass is 14.6. The zero-order valence-corrected chi connectivity index (χ0v) is 12.9. The largest absolute Gasteiger partial charge is 0.264 e. The number of hydrogen-bond acceptors (Lipinski definition) is 1. The molecule has 0 amide bonds. The van der Waals surface area contributed by atoms with E-state index < -0.39 is 0 Å². The second-order valence-corrected chi connectivity index (χ2v) is 5.68. The Morgan fingerprint density at radius 2 is 1.53 bits per heavy atom. The van der Waals surface area contributed by atoms with Gasteiger partial charge in [-0.3, -0.25) is 4.98 Å². The summed E-state index contributed by atoms with van der Waals surface area (Å²) >= 11 is 0. The lowest BCUT2D eigenvalue weighted by atomic mass is 9.89. The third-order valence-corrected chi connectivity index (χ3v) is 3.97. The molecule has 0 radical (unpaired) electrons. The predicted molar refractivity (Wildman–Crippen MR) is 84.5 cm³/mol. The van der Waals surface area contributed by atoms with E-state index in [1.165, 1.54) is 69.8 Å². The Morgan fingerprint density at radius 1 is 0.895 bits per heavy atom. The van der Waals surface area contributed by atoms with Crippen molar-refractivity contribution in [2.24, 2.45) is 0 Å². The van der Waals surface area contributed by atoms with Crippen LogP contribution >= 0.6 is 0 Å². The van der Waals surface area contributed by atoms with Gasteiger partial charge in [0.2, 0.25) is 0 Å². The maximum Gasteiger partial charge on any atom is 0.0302 e. The lowest BCUT2D eigenvalue weighted by Crippen LogP contribution is -2.00. The van der Waals surface area contributed by atoms with E-state index in [1.807, 2.05) is 6.20 Å². The molecule has 1 nitrogen and oxygen atoms in total. The Bertz CT molecular complexity index is 294. The lowest BCUT2D eigenvalue weighted by molar-refractivity contribution is 0.497. The zero-order chi connectivity index (χ0) is 13.8. The summed E-state index contributed by atoms with van der Waals surface area (Å²) in [5.41, 5.74) is 1.45. The second kappa shape index (κ2) is 11.0. The summed E-state index contributed by atoms with van der Waals surface area (Å²) < 4.78 is 0. The van der Waals surface area contributed by atoms with Gasteiger partial charge in [0.05, 0.1) is 0 Å². The molecule has 0 bridgehead atoms. The highest BCUT2D eigenvalue weighted by Gasteiger charge is 2.10. The molecular formula is C18H31N. The van der Waals surface area contributed by atoms with Gasteiger partial charge in [-0.15, -0.1) is 0 Å². The maximum absolute atomic E-state index is 4.29. The first-order chi connectivity index (χ1) is 9.38. The van der Waals surface area contributed by atoms with Crippen molar-refractivity contribution in [3.63, 3.8) is 0 Å². The van der Waals surface area contributed by atoms with Crippen LogP contribution < -0.4 is 0 Å². The van der Waals surface area contributed by atoms with Crippen molar-refractivity contribution in [1.82, 2.24) is 4.98 Å². The van der Waals surface area contributed by atoms with E-state index in [1.54, 1.807) is 0 Å². The van der Waals surface area contributed by atoms with E-state index in [0.29, 0.717) is 0 Å². The van der Waals surface area contributed by atoms with E-state index in [0.717, 1.165) is 5.92 Å². The van der Waals surface area contributed by atoms with Crippen LogP contribution in [0.5, 0.6) is 0 Å². The summed E-state index contributed by atoms with van der Waals surface area (Å²) in [6, 6.07) is 4.34. The molecule has 1 heteroatoms. The van der Waals surface area contributed by atoms with Gasteiger partial charge < -0.3 is 0 Å². The molecule has 0 saturated heterocycles. The third kappa shape index (κ3) is 7.34. The number of aromatic nitrogens is 1. The molecule has 0 aliphatic carbocycles. The first-order valence-electron chi connectivity index (χ1n) is 8.28. The number of nitrogens with zero attached hydrogens (tertiary/aromatic N) is 1. The quantitative estimate of drug-likeness (QED) is 0.438. The predicted octanol–water partition coefficient (Wildman–Crippen LogP) is 6.11.